The van der Waals surface area contributed by atoms with Crippen LogP contribution in [0.2, 0.25) is 0 Å². The number of ketones is 1. The molecule has 0 saturated heterocycles. The largest absolute Gasteiger partial charge is 0.486 e. The number of nitrogens with zero attached hydrogens (tertiary/aromatic N) is 1. The highest BCUT2D eigenvalue weighted by Gasteiger charge is 2.45. The molecule has 3 aliphatic rings. The molecule has 228 valence electrons. The Hall–Kier alpha value is -4.71. The number of fused-ring (bicyclic) bond motifs is 1. The fraction of sp³-hybridized carbons (Fsp3) is 0.250. The number of nitrogens with one attached hydrogen (secondary N) is 1. The van der Waals surface area contributed by atoms with E-state index in [9.17, 15) is 22.8 Å². The minimum absolute atomic E-state index is 0.0205. The van der Waals surface area contributed by atoms with Crippen molar-refractivity contribution in [2.45, 2.75) is 25.5 Å². The van der Waals surface area contributed by atoms with Crippen LogP contribution < -0.4 is 14.8 Å². The lowest BCUT2D eigenvalue weighted by atomic mass is 9.76. The van der Waals surface area contributed by atoms with Gasteiger partial charge >= 0.3 is 5.97 Å². The molecule has 0 fully saturated rings. The molecule has 3 aliphatic heterocycles. The van der Waals surface area contributed by atoms with Gasteiger partial charge in [-0.3, -0.25) is 9.69 Å². The maximum atomic E-state index is 15.3. The van der Waals surface area contributed by atoms with Gasteiger partial charge in [-0.2, -0.15) is 0 Å². The first-order valence-corrected chi connectivity index (χ1v) is 13.7. The van der Waals surface area contributed by atoms with Crippen molar-refractivity contribution in [1.82, 2.24) is 10.2 Å². The van der Waals surface area contributed by atoms with Crippen molar-refractivity contribution in [3.8, 4) is 11.5 Å². The highest BCUT2D eigenvalue weighted by molar-refractivity contribution is 6.04. The zero-order valence-corrected chi connectivity index (χ0v) is 23.3. The summed E-state index contributed by atoms with van der Waals surface area (Å²) in [7, 11) is 0. The molecule has 0 aliphatic carbocycles. The lowest BCUT2D eigenvalue weighted by molar-refractivity contribution is -0.142. The number of para-hydroxylation sites is 2. The maximum Gasteiger partial charge on any atom is 0.336 e. The number of rotatable bonds is 6. The van der Waals surface area contributed by atoms with Gasteiger partial charge in [0.15, 0.2) is 46.7 Å². The van der Waals surface area contributed by atoms with Crippen molar-refractivity contribution < 1.29 is 45.8 Å². The van der Waals surface area contributed by atoms with Crippen molar-refractivity contribution in [1.29, 1.82) is 0 Å². The minimum atomic E-state index is -2.35. The molecule has 0 radical (unpaired) electrons. The van der Waals surface area contributed by atoms with E-state index in [1.807, 2.05) is 30.3 Å². The number of dihydropyridines is 1. The Morgan fingerprint density at radius 2 is 1.55 bits per heavy atom. The molecule has 0 saturated carbocycles. The molecule has 3 aromatic carbocycles. The Labute approximate surface area is 248 Å². The van der Waals surface area contributed by atoms with Crippen molar-refractivity contribution in [3.63, 3.8) is 0 Å². The first-order valence-electron chi connectivity index (χ1n) is 13.7. The molecule has 3 aromatic rings. The highest BCUT2D eigenvalue weighted by Crippen LogP contribution is 2.44. The molecule has 0 amide bonds. The standard InChI is InChI=1S/C32H25F5N2O5/c1-16-23(32(41)43-15-18-14-42-21-9-5-6-10-22(21)44-18)25(26-27(33)29(35)31(37)30(36)28(26)34)24-19(38-16)12-39(13-20(24)40)11-17-7-3-2-4-8-17/h2-10,18,25,38H,11-15H2,1H3. The number of hydrogen-bond acceptors (Lipinski definition) is 7. The molecule has 2 atom stereocenters. The van der Waals surface area contributed by atoms with Gasteiger partial charge in [-0.1, -0.05) is 42.5 Å². The summed E-state index contributed by atoms with van der Waals surface area (Å²) < 4.78 is 90.5. The van der Waals surface area contributed by atoms with Gasteiger partial charge in [0.05, 0.1) is 18.0 Å². The number of carbonyl (C=O) groups is 2. The van der Waals surface area contributed by atoms with Gasteiger partial charge in [-0.05, 0) is 24.6 Å². The van der Waals surface area contributed by atoms with Crippen molar-refractivity contribution in [2.24, 2.45) is 0 Å². The predicted molar refractivity (Wildman–Crippen MR) is 146 cm³/mol. The zero-order chi connectivity index (χ0) is 31.1. The molecule has 0 bridgehead atoms. The summed E-state index contributed by atoms with van der Waals surface area (Å²) in [6.07, 6.45) is -0.753. The molecule has 2 unspecified atom stereocenters. The van der Waals surface area contributed by atoms with Crippen LogP contribution in [0.25, 0.3) is 0 Å². The van der Waals surface area contributed by atoms with Gasteiger partial charge < -0.3 is 19.5 Å². The van der Waals surface area contributed by atoms with E-state index in [1.165, 1.54) is 6.92 Å². The average Bonchev–Trinajstić information content (AvgIpc) is 3.02. The van der Waals surface area contributed by atoms with Gasteiger partial charge in [0, 0.05) is 35.6 Å². The molecule has 7 nitrogen and oxygen atoms in total. The first-order chi connectivity index (χ1) is 21.1. The van der Waals surface area contributed by atoms with Crippen molar-refractivity contribution >= 4 is 11.8 Å². The lowest BCUT2D eigenvalue weighted by Crippen LogP contribution is -2.45. The minimum Gasteiger partial charge on any atom is -0.486 e. The number of esters is 1. The van der Waals surface area contributed by atoms with E-state index in [2.05, 4.69) is 5.32 Å². The summed E-state index contributed by atoms with van der Waals surface area (Å²) in [5, 5.41) is 2.96. The molecular formula is C32H25F5N2O5. The van der Waals surface area contributed by atoms with Crippen LogP contribution in [0.3, 0.4) is 0 Å². The Kier molecular flexibility index (Phi) is 7.85. The van der Waals surface area contributed by atoms with Gasteiger partial charge in [0.1, 0.15) is 13.2 Å². The smallest absolute Gasteiger partial charge is 0.336 e. The predicted octanol–water partition coefficient (Wildman–Crippen LogP) is 5.07. The van der Waals surface area contributed by atoms with Crippen LogP contribution in [-0.4, -0.2) is 49.1 Å². The zero-order valence-electron chi connectivity index (χ0n) is 23.3. The number of allylic oxidation sites excluding steroid dienone is 1. The Balaban J connectivity index is 1.35. The molecule has 44 heavy (non-hydrogen) atoms. The number of Topliss-reactive ketones (excluding diaryl/α,β-unsaturated/α-hetero) is 1. The SMILES string of the molecule is CC1=C(C(=O)OCC2COc3ccccc3O2)C(c2c(F)c(F)c(F)c(F)c2F)C2=C(CN(Cc3ccccc3)CC2=O)N1. The van der Waals surface area contributed by atoms with E-state index in [0.717, 1.165) is 5.56 Å². The summed E-state index contributed by atoms with van der Waals surface area (Å²) in [5.74, 6) is -13.8. The first kappa shape index (κ1) is 29.4. The van der Waals surface area contributed by atoms with Crippen LogP contribution in [0.1, 0.15) is 24.0 Å². The lowest BCUT2D eigenvalue weighted by Gasteiger charge is -2.38. The average molecular weight is 613 g/mol. The van der Waals surface area contributed by atoms with Gasteiger partial charge in [0.2, 0.25) is 5.82 Å². The molecule has 0 aromatic heterocycles. The topological polar surface area (TPSA) is 77.1 Å². The molecule has 3 heterocycles. The third kappa shape index (κ3) is 5.30. The van der Waals surface area contributed by atoms with Crippen LogP contribution in [-0.2, 0) is 20.9 Å². The number of carbonyl (C=O) groups excluding carboxylic acids is 2. The summed E-state index contributed by atoms with van der Waals surface area (Å²) in [6, 6.07) is 16.0. The number of hydrogen-bond donors (Lipinski definition) is 1. The van der Waals surface area contributed by atoms with Crippen LogP contribution in [0, 0.1) is 29.1 Å². The fourth-order valence-corrected chi connectivity index (χ4v) is 5.70. The van der Waals surface area contributed by atoms with Gasteiger partial charge in [-0.25, -0.2) is 26.7 Å². The molecule has 1 N–H and O–H groups in total. The van der Waals surface area contributed by atoms with E-state index in [0.29, 0.717) is 18.0 Å². The summed E-state index contributed by atoms with van der Waals surface area (Å²) in [6.45, 7) is 1.26. The highest BCUT2D eigenvalue weighted by atomic mass is 19.2. The summed E-state index contributed by atoms with van der Waals surface area (Å²) in [4.78, 5) is 28.9. The number of halogens is 5. The van der Waals surface area contributed by atoms with E-state index in [1.54, 1.807) is 29.2 Å². The van der Waals surface area contributed by atoms with Crippen LogP contribution in [0.5, 0.6) is 11.5 Å². The monoisotopic (exact) mass is 612 g/mol. The number of ether oxygens (including phenoxy) is 3. The van der Waals surface area contributed by atoms with Crippen LogP contribution in [0.4, 0.5) is 22.0 Å². The number of benzene rings is 3. The normalized spacial score (nSPS) is 19.9. The van der Waals surface area contributed by atoms with E-state index >= 15 is 8.78 Å². The summed E-state index contributed by atoms with van der Waals surface area (Å²) in [5.41, 5.74) is -0.943. The Morgan fingerprint density at radius 1 is 0.909 bits per heavy atom. The molecule has 12 heteroatoms. The second-order valence-electron chi connectivity index (χ2n) is 10.6. The van der Waals surface area contributed by atoms with E-state index in [4.69, 9.17) is 14.2 Å². The molecule has 6 rings (SSSR count). The Morgan fingerprint density at radius 3 is 2.25 bits per heavy atom. The van der Waals surface area contributed by atoms with Gasteiger partial charge in [0.25, 0.3) is 0 Å². The third-order valence-corrected chi connectivity index (χ3v) is 7.66. The van der Waals surface area contributed by atoms with Crippen molar-refractivity contribution in [3.05, 3.63) is 117 Å². The summed E-state index contributed by atoms with van der Waals surface area (Å²) >= 11 is 0. The Bertz CT molecular complexity index is 1700. The van der Waals surface area contributed by atoms with Crippen molar-refractivity contribution in [2.75, 3.05) is 26.3 Å². The molecular weight excluding hydrogens is 587 g/mol. The van der Waals surface area contributed by atoms with Crippen LogP contribution >= 0.6 is 0 Å². The van der Waals surface area contributed by atoms with E-state index < -0.39 is 64.0 Å². The molecule has 0 spiro atoms. The second kappa shape index (κ2) is 11.8. The second-order valence-corrected chi connectivity index (χ2v) is 10.6. The quantitative estimate of drug-likeness (QED) is 0.181. The fourth-order valence-electron chi connectivity index (χ4n) is 5.70. The van der Waals surface area contributed by atoms with Gasteiger partial charge in [-0.15, -0.1) is 0 Å². The maximum absolute atomic E-state index is 15.3. The third-order valence-electron chi connectivity index (χ3n) is 7.66. The van der Waals surface area contributed by atoms with Crippen LogP contribution in [0.15, 0.2) is 77.1 Å². The van der Waals surface area contributed by atoms with E-state index in [-0.39, 0.29) is 43.3 Å².